The van der Waals surface area contributed by atoms with Crippen molar-refractivity contribution in [2.75, 3.05) is 20.8 Å². The fraction of sp³-hybridized carbons (Fsp3) is 0.227. The Morgan fingerprint density at radius 1 is 1.20 bits per heavy atom. The highest BCUT2D eigenvalue weighted by Crippen LogP contribution is 2.25. The highest BCUT2D eigenvalue weighted by Gasteiger charge is 2.18. The van der Waals surface area contributed by atoms with Gasteiger partial charge in [0, 0.05) is 18.7 Å². The number of rotatable bonds is 7. The van der Waals surface area contributed by atoms with E-state index in [-0.39, 0.29) is 17.8 Å². The summed E-state index contributed by atoms with van der Waals surface area (Å²) in [4.78, 5) is 16.6. The molecular weight excluding hydrogens is 386 g/mol. The van der Waals surface area contributed by atoms with Gasteiger partial charge in [-0.2, -0.15) is 5.26 Å². The maximum absolute atomic E-state index is 12.2. The van der Waals surface area contributed by atoms with E-state index >= 15 is 0 Å². The van der Waals surface area contributed by atoms with Crippen LogP contribution in [-0.4, -0.2) is 41.5 Å². The molecule has 8 heteroatoms. The summed E-state index contributed by atoms with van der Waals surface area (Å²) in [6.45, 7) is -0.441. The summed E-state index contributed by atoms with van der Waals surface area (Å²) >= 11 is 0. The van der Waals surface area contributed by atoms with E-state index in [0.717, 1.165) is 5.52 Å². The van der Waals surface area contributed by atoms with Gasteiger partial charge < -0.3 is 23.9 Å². The molecule has 3 rings (SSSR count). The number of aliphatic hydroxyl groups is 1. The molecule has 0 fully saturated rings. The first-order chi connectivity index (χ1) is 14.5. The zero-order chi connectivity index (χ0) is 21.7. The number of allylic oxidation sites excluding steroid dienone is 1. The number of hydrogen-bond acceptors (Lipinski definition) is 7. The van der Waals surface area contributed by atoms with Crippen LogP contribution in [-0.2, 0) is 23.0 Å². The van der Waals surface area contributed by atoms with Crippen LogP contribution in [0.1, 0.15) is 11.4 Å². The van der Waals surface area contributed by atoms with Crippen LogP contribution < -0.4 is 9.47 Å². The van der Waals surface area contributed by atoms with Gasteiger partial charge in [0.05, 0.1) is 31.7 Å². The number of aromatic nitrogens is 2. The molecule has 0 radical (unpaired) electrons. The number of nitriles is 1. The van der Waals surface area contributed by atoms with Crippen LogP contribution in [0, 0.1) is 11.3 Å². The zero-order valence-electron chi connectivity index (χ0n) is 16.9. The zero-order valence-corrected chi connectivity index (χ0v) is 16.9. The van der Waals surface area contributed by atoms with Crippen molar-refractivity contribution in [3.63, 3.8) is 0 Å². The largest absolute Gasteiger partial charge is 0.507 e. The standard InChI is InChI=1S/C22H21N3O5/c1-25-18-7-5-4-6-17(18)24-22(25)16(12-23)19(26)13-30-21(27)10-14-8-9-15(28-2)11-20(14)29-3/h4-9,11,26H,10,13H2,1-3H3/b19-16-. The normalized spacial score (nSPS) is 11.5. The predicted octanol–water partition coefficient (Wildman–Crippen LogP) is 3.17. The fourth-order valence-corrected chi connectivity index (χ4v) is 3.04. The lowest BCUT2D eigenvalue weighted by molar-refractivity contribution is -0.142. The first-order valence-electron chi connectivity index (χ1n) is 9.09. The van der Waals surface area contributed by atoms with Crippen LogP contribution in [0.5, 0.6) is 11.5 Å². The van der Waals surface area contributed by atoms with Crippen molar-refractivity contribution in [1.29, 1.82) is 5.26 Å². The van der Waals surface area contributed by atoms with E-state index in [2.05, 4.69) is 4.98 Å². The smallest absolute Gasteiger partial charge is 0.310 e. The highest BCUT2D eigenvalue weighted by molar-refractivity contribution is 5.84. The van der Waals surface area contributed by atoms with Crippen LogP contribution in [0.2, 0.25) is 0 Å². The summed E-state index contributed by atoms with van der Waals surface area (Å²) < 4.78 is 17.3. The molecule has 0 aliphatic carbocycles. The maximum Gasteiger partial charge on any atom is 0.310 e. The van der Waals surface area contributed by atoms with Crippen LogP contribution >= 0.6 is 0 Å². The van der Waals surface area contributed by atoms with Crippen molar-refractivity contribution in [3.8, 4) is 17.6 Å². The maximum atomic E-state index is 12.2. The first-order valence-corrected chi connectivity index (χ1v) is 9.09. The quantitative estimate of drug-likeness (QED) is 0.364. The first kappa shape index (κ1) is 20.7. The monoisotopic (exact) mass is 407 g/mol. The van der Waals surface area contributed by atoms with E-state index in [1.807, 2.05) is 30.3 Å². The van der Waals surface area contributed by atoms with Crippen molar-refractivity contribution in [2.24, 2.45) is 7.05 Å². The van der Waals surface area contributed by atoms with Gasteiger partial charge >= 0.3 is 5.97 Å². The van der Waals surface area contributed by atoms with E-state index in [9.17, 15) is 15.2 Å². The third kappa shape index (κ3) is 4.20. The number of nitrogens with zero attached hydrogens (tertiary/aromatic N) is 3. The second-order valence-electron chi connectivity index (χ2n) is 6.43. The lowest BCUT2D eigenvalue weighted by Gasteiger charge is -2.10. The summed E-state index contributed by atoms with van der Waals surface area (Å²) in [7, 11) is 4.78. The number of methoxy groups -OCH3 is 2. The molecule has 2 aromatic carbocycles. The van der Waals surface area contributed by atoms with Crippen LogP contribution in [0.3, 0.4) is 0 Å². The summed E-state index contributed by atoms with van der Waals surface area (Å²) in [6, 6.07) is 14.4. The SMILES string of the molecule is COc1ccc(CC(=O)OC/C(O)=C(\C#N)c2nc3ccccc3n2C)c(OC)c1. The van der Waals surface area contributed by atoms with Gasteiger partial charge in [-0.05, 0) is 18.2 Å². The number of esters is 1. The molecule has 1 heterocycles. The molecule has 3 aromatic rings. The van der Waals surface area contributed by atoms with Gasteiger partial charge in [-0.1, -0.05) is 18.2 Å². The van der Waals surface area contributed by atoms with Gasteiger partial charge in [0.2, 0.25) is 0 Å². The van der Waals surface area contributed by atoms with Crippen molar-refractivity contribution < 1.29 is 24.1 Å². The minimum Gasteiger partial charge on any atom is -0.507 e. The Balaban J connectivity index is 1.75. The second-order valence-corrected chi connectivity index (χ2v) is 6.43. The van der Waals surface area contributed by atoms with Crippen molar-refractivity contribution in [1.82, 2.24) is 9.55 Å². The number of hydrogen-bond donors (Lipinski definition) is 1. The van der Waals surface area contributed by atoms with Gasteiger partial charge in [-0.25, -0.2) is 4.98 Å². The minimum absolute atomic E-state index is 0.0523. The number of ether oxygens (including phenoxy) is 3. The number of benzene rings is 2. The Labute approximate surface area is 173 Å². The third-order valence-corrected chi connectivity index (χ3v) is 4.61. The number of carbonyl (C=O) groups excluding carboxylic acids is 1. The van der Waals surface area contributed by atoms with E-state index in [1.165, 1.54) is 14.2 Å². The topological polar surface area (TPSA) is 107 Å². The molecule has 0 unspecified atom stereocenters. The summed E-state index contributed by atoms with van der Waals surface area (Å²) in [5.74, 6) is 0.441. The van der Waals surface area contributed by atoms with Gasteiger partial charge in [0.15, 0.2) is 11.6 Å². The van der Waals surface area contributed by atoms with Gasteiger partial charge in [-0.3, -0.25) is 4.79 Å². The third-order valence-electron chi connectivity index (χ3n) is 4.61. The van der Waals surface area contributed by atoms with Gasteiger partial charge in [0.25, 0.3) is 0 Å². The predicted molar refractivity (Wildman–Crippen MR) is 110 cm³/mol. The van der Waals surface area contributed by atoms with Crippen molar-refractivity contribution in [3.05, 3.63) is 59.6 Å². The molecule has 0 atom stereocenters. The van der Waals surface area contributed by atoms with Gasteiger partial charge in [-0.15, -0.1) is 0 Å². The molecule has 0 amide bonds. The Hall–Kier alpha value is -3.99. The average molecular weight is 407 g/mol. The molecule has 0 saturated heterocycles. The number of aryl methyl sites for hydroxylation is 1. The molecule has 1 N–H and O–H groups in total. The molecule has 1 aromatic heterocycles. The minimum atomic E-state index is -0.577. The Morgan fingerprint density at radius 2 is 1.97 bits per heavy atom. The molecule has 8 nitrogen and oxygen atoms in total. The van der Waals surface area contributed by atoms with Gasteiger partial charge in [0.1, 0.15) is 29.7 Å². The molecule has 0 spiro atoms. The lowest BCUT2D eigenvalue weighted by atomic mass is 10.1. The molecule has 0 saturated carbocycles. The molecule has 30 heavy (non-hydrogen) atoms. The van der Waals surface area contributed by atoms with Crippen LogP contribution in [0.25, 0.3) is 16.6 Å². The van der Waals surface area contributed by atoms with Crippen molar-refractivity contribution in [2.45, 2.75) is 6.42 Å². The summed E-state index contributed by atoms with van der Waals surface area (Å²) in [5.41, 5.74) is 2.07. The Morgan fingerprint density at radius 3 is 2.63 bits per heavy atom. The van der Waals surface area contributed by atoms with Crippen molar-refractivity contribution >= 4 is 22.6 Å². The number of aliphatic hydroxyl groups excluding tert-OH is 1. The number of imidazole rings is 1. The fourth-order valence-electron chi connectivity index (χ4n) is 3.04. The lowest BCUT2D eigenvalue weighted by Crippen LogP contribution is -2.12. The molecule has 0 aliphatic rings. The summed E-state index contributed by atoms with van der Waals surface area (Å²) in [5, 5.41) is 19.9. The Kier molecular flexibility index (Phi) is 6.23. The molecule has 0 bridgehead atoms. The van der Waals surface area contributed by atoms with E-state index < -0.39 is 12.6 Å². The molecule has 0 aliphatic heterocycles. The number of para-hydroxylation sites is 2. The highest BCUT2D eigenvalue weighted by atomic mass is 16.5. The van der Waals surface area contributed by atoms with E-state index in [1.54, 1.807) is 29.8 Å². The second kappa shape index (κ2) is 9.01. The summed E-state index contributed by atoms with van der Waals surface area (Å²) in [6.07, 6.45) is -0.0609. The average Bonchev–Trinajstić information content (AvgIpc) is 3.09. The van der Waals surface area contributed by atoms with Crippen LogP contribution in [0.15, 0.2) is 48.2 Å². The van der Waals surface area contributed by atoms with E-state index in [0.29, 0.717) is 28.4 Å². The Bertz CT molecular complexity index is 1160. The molecular formula is C22H21N3O5. The molecule has 154 valence electrons. The number of carbonyl (C=O) groups is 1. The van der Waals surface area contributed by atoms with E-state index in [4.69, 9.17) is 14.2 Å². The number of fused-ring (bicyclic) bond motifs is 1. The van der Waals surface area contributed by atoms with Crippen LogP contribution in [0.4, 0.5) is 0 Å².